The quantitative estimate of drug-likeness (QED) is 0.740. The monoisotopic (exact) mass is 325 g/mol. The number of allylic oxidation sites excluding steroid dienone is 1. The number of aromatic amines is 1. The number of H-pyrrole nitrogens is 1. The summed E-state index contributed by atoms with van der Waals surface area (Å²) in [5.41, 5.74) is 4.25. The number of rotatable bonds is 3. The van der Waals surface area contributed by atoms with Crippen LogP contribution in [0.4, 0.5) is 0 Å². The summed E-state index contributed by atoms with van der Waals surface area (Å²) in [5.74, 6) is 6.81. The van der Waals surface area contributed by atoms with Gasteiger partial charge in [-0.05, 0) is 66.7 Å². The van der Waals surface area contributed by atoms with Gasteiger partial charge in [0.25, 0.3) is 0 Å². The summed E-state index contributed by atoms with van der Waals surface area (Å²) >= 11 is 0. The zero-order valence-corrected chi connectivity index (χ0v) is 13.7. The first-order valence-corrected chi connectivity index (χ1v) is 7.66. The predicted octanol–water partition coefficient (Wildman–Crippen LogP) is 4.02. The summed E-state index contributed by atoms with van der Waals surface area (Å²) in [4.78, 5) is 0. The van der Waals surface area contributed by atoms with Crippen LogP contribution in [0.25, 0.3) is 17.3 Å². The molecule has 0 aliphatic heterocycles. The number of nitrogens with zero attached hydrogens (tertiary/aromatic N) is 2. The normalized spacial score (nSPS) is 10.1. The lowest BCUT2D eigenvalue weighted by atomic mass is 10.1. The Labute approximate surface area is 146 Å². The fraction of sp³-hybridized carbons (Fsp3) is 0.0476. The van der Waals surface area contributed by atoms with E-state index in [4.69, 9.17) is 10.00 Å². The Morgan fingerprint density at radius 1 is 1.04 bits per heavy atom. The highest BCUT2D eigenvalue weighted by Crippen LogP contribution is 2.21. The second-order valence-electron chi connectivity index (χ2n) is 5.23. The summed E-state index contributed by atoms with van der Waals surface area (Å²) in [6.45, 7) is 0. The van der Waals surface area contributed by atoms with E-state index in [1.54, 1.807) is 25.3 Å². The van der Waals surface area contributed by atoms with Crippen molar-refractivity contribution in [3.8, 4) is 34.9 Å². The van der Waals surface area contributed by atoms with E-state index >= 15 is 0 Å². The number of hydrogen-bond donors (Lipinski definition) is 1. The number of ether oxygens (including phenoxy) is 1. The third-order valence-electron chi connectivity index (χ3n) is 3.56. The molecule has 0 bridgehead atoms. The number of methoxy groups -OCH3 is 1. The average molecular weight is 325 g/mol. The molecule has 0 unspecified atom stereocenters. The van der Waals surface area contributed by atoms with Gasteiger partial charge in [0, 0.05) is 11.1 Å². The van der Waals surface area contributed by atoms with Crippen LogP contribution < -0.4 is 4.74 Å². The fourth-order valence-corrected chi connectivity index (χ4v) is 2.22. The lowest BCUT2D eigenvalue weighted by Gasteiger charge is -1.99. The van der Waals surface area contributed by atoms with Crippen molar-refractivity contribution >= 4 is 6.08 Å². The van der Waals surface area contributed by atoms with Crippen molar-refractivity contribution in [1.29, 1.82) is 5.26 Å². The predicted molar refractivity (Wildman–Crippen MR) is 97.6 cm³/mol. The number of aromatic nitrogens is 2. The minimum Gasteiger partial charge on any atom is -0.497 e. The average Bonchev–Trinajstić information content (AvgIpc) is 3.15. The molecule has 1 N–H and O–H groups in total. The molecule has 0 aliphatic carbocycles. The maximum absolute atomic E-state index is 8.77. The highest BCUT2D eigenvalue weighted by molar-refractivity contribution is 5.63. The number of nitriles is 1. The van der Waals surface area contributed by atoms with Gasteiger partial charge in [-0.1, -0.05) is 11.8 Å². The molecule has 0 atom stereocenters. The van der Waals surface area contributed by atoms with E-state index in [0.29, 0.717) is 5.56 Å². The molecule has 0 fully saturated rings. The summed E-state index contributed by atoms with van der Waals surface area (Å²) in [7, 11) is 1.64. The van der Waals surface area contributed by atoms with E-state index in [-0.39, 0.29) is 0 Å². The second kappa shape index (κ2) is 7.68. The first kappa shape index (κ1) is 16.1. The molecular weight excluding hydrogens is 310 g/mol. The fourth-order valence-electron chi connectivity index (χ4n) is 2.22. The Morgan fingerprint density at radius 3 is 2.44 bits per heavy atom. The Hall–Kier alpha value is -3.76. The van der Waals surface area contributed by atoms with Crippen molar-refractivity contribution in [2.24, 2.45) is 0 Å². The van der Waals surface area contributed by atoms with Crippen LogP contribution in [0.15, 0.2) is 60.7 Å². The lowest BCUT2D eigenvalue weighted by Crippen LogP contribution is -1.82. The van der Waals surface area contributed by atoms with Gasteiger partial charge >= 0.3 is 0 Å². The molecule has 1 heterocycles. The van der Waals surface area contributed by atoms with Crippen LogP contribution in [0.5, 0.6) is 5.75 Å². The van der Waals surface area contributed by atoms with Crippen molar-refractivity contribution < 1.29 is 4.74 Å². The van der Waals surface area contributed by atoms with E-state index in [2.05, 4.69) is 28.1 Å². The highest BCUT2D eigenvalue weighted by atomic mass is 16.5. The van der Waals surface area contributed by atoms with Gasteiger partial charge in [0.05, 0.1) is 30.1 Å². The third kappa shape index (κ3) is 4.16. The molecule has 2 aromatic carbocycles. The van der Waals surface area contributed by atoms with Crippen molar-refractivity contribution in [2.45, 2.75) is 0 Å². The molecule has 1 aromatic heterocycles. The standard InChI is InChI=1S/C21H15N3O/c1-25-20-12-10-18(11-13-20)21-14-19(23-24-21)5-3-2-4-16-6-8-17(15-22)9-7-16/h3,5-14H,1H3,(H,23,24)/b5-3-. The van der Waals surface area contributed by atoms with Crippen molar-refractivity contribution in [3.63, 3.8) is 0 Å². The van der Waals surface area contributed by atoms with Gasteiger partial charge in [0.15, 0.2) is 0 Å². The van der Waals surface area contributed by atoms with Crippen LogP contribution in [-0.2, 0) is 0 Å². The molecule has 3 aromatic rings. The summed E-state index contributed by atoms with van der Waals surface area (Å²) in [6.07, 6.45) is 3.64. The van der Waals surface area contributed by atoms with Gasteiger partial charge in [0.1, 0.15) is 5.75 Å². The van der Waals surface area contributed by atoms with E-state index < -0.39 is 0 Å². The number of hydrogen-bond acceptors (Lipinski definition) is 3. The number of benzene rings is 2. The van der Waals surface area contributed by atoms with Gasteiger partial charge in [-0.15, -0.1) is 0 Å². The molecule has 4 heteroatoms. The van der Waals surface area contributed by atoms with Crippen LogP contribution in [-0.4, -0.2) is 17.3 Å². The zero-order chi connectivity index (χ0) is 17.5. The molecule has 120 valence electrons. The van der Waals surface area contributed by atoms with Crippen LogP contribution in [0.2, 0.25) is 0 Å². The third-order valence-corrected chi connectivity index (χ3v) is 3.56. The highest BCUT2D eigenvalue weighted by Gasteiger charge is 2.02. The van der Waals surface area contributed by atoms with Gasteiger partial charge in [-0.2, -0.15) is 10.4 Å². The minimum absolute atomic E-state index is 0.629. The second-order valence-corrected chi connectivity index (χ2v) is 5.23. The molecule has 0 aliphatic rings. The summed E-state index contributed by atoms with van der Waals surface area (Å²) < 4.78 is 5.15. The summed E-state index contributed by atoms with van der Waals surface area (Å²) in [6, 6.07) is 19.0. The molecule has 0 saturated carbocycles. The first-order valence-electron chi connectivity index (χ1n) is 7.66. The largest absolute Gasteiger partial charge is 0.497 e. The zero-order valence-electron chi connectivity index (χ0n) is 13.7. The molecule has 0 spiro atoms. The molecule has 4 nitrogen and oxygen atoms in total. The first-order chi connectivity index (χ1) is 12.3. The lowest BCUT2D eigenvalue weighted by molar-refractivity contribution is 0.415. The molecule has 0 radical (unpaired) electrons. The maximum atomic E-state index is 8.77. The van der Waals surface area contributed by atoms with E-state index in [1.165, 1.54) is 0 Å². The summed E-state index contributed by atoms with van der Waals surface area (Å²) in [5, 5.41) is 16.0. The molecule has 0 amide bonds. The Morgan fingerprint density at radius 2 is 1.76 bits per heavy atom. The Balaban J connectivity index is 1.67. The maximum Gasteiger partial charge on any atom is 0.118 e. The van der Waals surface area contributed by atoms with Crippen LogP contribution in [0.1, 0.15) is 16.8 Å². The molecule has 3 rings (SSSR count). The van der Waals surface area contributed by atoms with E-state index in [1.807, 2.05) is 48.5 Å². The number of nitrogens with one attached hydrogen (secondary N) is 1. The topological polar surface area (TPSA) is 61.7 Å². The molecular formula is C21H15N3O. The van der Waals surface area contributed by atoms with E-state index in [9.17, 15) is 0 Å². The van der Waals surface area contributed by atoms with E-state index in [0.717, 1.165) is 28.3 Å². The van der Waals surface area contributed by atoms with Crippen LogP contribution in [0, 0.1) is 23.2 Å². The van der Waals surface area contributed by atoms with Gasteiger partial charge in [0.2, 0.25) is 0 Å². The molecule has 0 saturated heterocycles. The van der Waals surface area contributed by atoms with Crippen molar-refractivity contribution in [3.05, 3.63) is 77.5 Å². The SMILES string of the molecule is COc1ccc(-c2cc(/C=C\C#Cc3ccc(C#N)cc3)[nH]n2)cc1. The van der Waals surface area contributed by atoms with Gasteiger partial charge < -0.3 is 4.74 Å². The minimum atomic E-state index is 0.629. The van der Waals surface area contributed by atoms with Crippen molar-refractivity contribution in [2.75, 3.05) is 7.11 Å². The van der Waals surface area contributed by atoms with Crippen LogP contribution >= 0.6 is 0 Å². The Kier molecular flexibility index (Phi) is 4.95. The van der Waals surface area contributed by atoms with Gasteiger partial charge in [-0.3, -0.25) is 5.10 Å². The van der Waals surface area contributed by atoms with Gasteiger partial charge in [-0.25, -0.2) is 0 Å². The molecule has 25 heavy (non-hydrogen) atoms. The smallest absolute Gasteiger partial charge is 0.118 e. The van der Waals surface area contributed by atoms with Crippen molar-refractivity contribution in [1.82, 2.24) is 10.2 Å². The van der Waals surface area contributed by atoms with Crippen LogP contribution in [0.3, 0.4) is 0 Å². The Bertz CT molecular complexity index is 979.